The normalized spacial score (nSPS) is 30.4. The number of alkyl halides is 1. The molecule has 214 valence electrons. The summed E-state index contributed by atoms with van der Waals surface area (Å²) in [7, 11) is 0. The van der Waals surface area contributed by atoms with E-state index in [1.54, 1.807) is 33.7 Å². The molecule has 38 heavy (non-hydrogen) atoms. The van der Waals surface area contributed by atoms with Crippen LogP contribution in [0.5, 0.6) is 0 Å². The van der Waals surface area contributed by atoms with Gasteiger partial charge >= 0.3 is 0 Å². The topological polar surface area (TPSA) is 81.2 Å². The van der Waals surface area contributed by atoms with E-state index in [0.29, 0.717) is 26.1 Å². The Kier molecular flexibility index (Phi) is 9.57. The lowest BCUT2D eigenvalue weighted by atomic mass is 9.70. The van der Waals surface area contributed by atoms with Crippen LogP contribution in [0.4, 0.5) is 0 Å². The molecule has 6 atom stereocenters. The summed E-state index contributed by atoms with van der Waals surface area (Å²) in [6.07, 6.45) is 5.66. The standard InChI is InChI=1S/C29H46BrN3O4S/c1-9-12-31(13-10-2)24(35)20-21-25(36)32(15-16-34)23(29(21)17-19(30)22(20)38-29)26(37)33(14-11-3)28(7,8)18-27(4,5)6/h9,11,19-23,34H,1,3,10,12-18H2,2,4-8H3/t19?,20-,21+,22-,23?,29?/m1/s1. The summed E-state index contributed by atoms with van der Waals surface area (Å²) in [6.45, 7) is 21.6. The molecule has 2 bridgehead atoms. The van der Waals surface area contributed by atoms with Crippen LogP contribution in [0.2, 0.25) is 0 Å². The molecular formula is C29H46BrN3O4S. The van der Waals surface area contributed by atoms with Crippen molar-refractivity contribution in [3.8, 4) is 0 Å². The van der Waals surface area contributed by atoms with E-state index in [4.69, 9.17) is 0 Å². The number of hydrogen-bond acceptors (Lipinski definition) is 5. The zero-order valence-corrected chi connectivity index (χ0v) is 26.3. The molecule has 0 aromatic carbocycles. The number of aliphatic hydroxyl groups excluding tert-OH is 1. The average molecular weight is 613 g/mol. The van der Waals surface area contributed by atoms with Gasteiger partial charge < -0.3 is 19.8 Å². The van der Waals surface area contributed by atoms with Gasteiger partial charge in [-0.3, -0.25) is 14.4 Å². The lowest BCUT2D eigenvalue weighted by Gasteiger charge is -2.46. The minimum atomic E-state index is -0.752. The highest BCUT2D eigenvalue weighted by atomic mass is 79.9. The molecule has 3 heterocycles. The van der Waals surface area contributed by atoms with Crippen LogP contribution in [0.1, 0.15) is 60.8 Å². The molecule has 3 aliphatic rings. The number of halogens is 1. The number of amides is 3. The van der Waals surface area contributed by atoms with Crippen molar-refractivity contribution in [1.82, 2.24) is 14.7 Å². The molecule has 0 aliphatic carbocycles. The molecule has 3 unspecified atom stereocenters. The van der Waals surface area contributed by atoms with Crippen LogP contribution >= 0.6 is 27.7 Å². The zero-order chi connectivity index (χ0) is 28.6. The second-order valence-electron chi connectivity index (χ2n) is 12.8. The number of hydrogen-bond donors (Lipinski definition) is 1. The van der Waals surface area contributed by atoms with Crippen molar-refractivity contribution in [2.24, 2.45) is 17.3 Å². The Morgan fingerprint density at radius 3 is 2.34 bits per heavy atom. The second-order valence-corrected chi connectivity index (χ2v) is 15.5. The summed E-state index contributed by atoms with van der Waals surface area (Å²) in [4.78, 5) is 47.9. The Bertz CT molecular complexity index is 951. The van der Waals surface area contributed by atoms with Gasteiger partial charge in [-0.1, -0.05) is 55.8 Å². The second kappa shape index (κ2) is 11.7. The van der Waals surface area contributed by atoms with Crippen molar-refractivity contribution < 1.29 is 19.5 Å². The molecular weight excluding hydrogens is 566 g/mol. The average Bonchev–Trinajstić information content (AvgIpc) is 3.39. The summed E-state index contributed by atoms with van der Waals surface area (Å²) < 4.78 is -0.730. The van der Waals surface area contributed by atoms with Gasteiger partial charge in [-0.15, -0.1) is 24.9 Å². The molecule has 3 saturated heterocycles. The quantitative estimate of drug-likeness (QED) is 0.265. The van der Waals surface area contributed by atoms with Gasteiger partial charge in [-0.25, -0.2) is 0 Å². The monoisotopic (exact) mass is 611 g/mol. The molecule has 0 radical (unpaired) electrons. The predicted octanol–water partition coefficient (Wildman–Crippen LogP) is 4.10. The molecule has 7 nitrogen and oxygen atoms in total. The van der Waals surface area contributed by atoms with Crippen LogP contribution < -0.4 is 0 Å². The number of likely N-dealkylation sites (tertiary alicyclic amines) is 1. The molecule has 3 aliphatic heterocycles. The maximum Gasteiger partial charge on any atom is 0.247 e. The maximum absolute atomic E-state index is 14.6. The van der Waals surface area contributed by atoms with Gasteiger partial charge in [0.2, 0.25) is 17.7 Å². The van der Waals surface area contributed by atoms with Gasteiger partial charge in [-0.05, 0) is 38.5 Å². The highest BCUT2D eigenvalue weighted by Gasteiger charge is 2.76. The predicted molar refractivity (Wildman–Crippen MR) is 158 cm³/mol. The summed E-state index contributed by atoms with van der Waals surface area (Å²) in [6, 6.07) is -0.752. The molecule has 9 heteroatoms. The van der Waals surface area contributed by atoms with Crippen LogP contribution in [0.3, 0.4) is 0 Å². The summed E-state index contributed by atoms with van der Waals surface area (Å²) in [5.74, 6) is -1.47. The number of rotatable bonds is 12. The fraction of sp³-hybridized carbons (Fsp3) is 0.759. The molecule has 0 aromatic rings. The van der Waals surface area contributed by atoms with Crippen molar-refractivity contribution in [2.75, 3.05) is 32.8 Å². The lowest BCUT2D eigenvalue weighted by molar-refractivity contribution is -0.147. The first kappa shape index (κ1) is 31.2. The smallest absolute Gasteiger partial charge is 0.247 e. The van der Waals surface area contributed by atoms with E-state index < -0.39 is 28.2 Å². The third-order valence-corrected chi connectivity index (χ3v) is 11.3. The Balaban J connectivity index is 2.09. The fourth-order valence-corrected chi connectivity index (χ4v) is 10.9. The van der Waals surface area contributed by atoms with Gasteiger partial charge in [0.1, 0.15) is 6.04 Å². The van der Waals surface area contributed by atoms with Crippen molar-refractivity contribution in [1.29, 1.82) is 0 Å². The zero-order valence-electron chi connectivity index (χ0n) is 23.9. The van der Waals surface area contributed by atoms with Crippen LogP contribution in [0.15, 0.2) is 25.3 Å². The third kappa shape index (κ3) is 5.49. The van der Waals surface area contributed by atoms with Gasteiger partial charge in [0, 0.05) is 41.8 Å². The first-order chi connectivity index (χ1) is 17.7. The number of thioether (sulfide) groups is 1. The molecule has 1 N–H and O–H groups in total. The molecule has 3 rings (SSSR count). The molecule has 0 saturated carbocycles. The Morgan fingerprint density at radius 2 is 1.82 bits per heavy atom. The minimum Gasteiger partial charge on any atom is -0.395 e. The Labute approximate surface area is 241 Å². The third-order valence-electron chi connectivity index (χ3n) is 8.08. The molecule has 3 fully saturated rings. The van der Waals surface area contributed by atoms with Gasteiger partial charge in [-0.2, -0.15) is 0 Å². The Morgan fingerprint density at radius 1 is 1.18 bits per heavy atom. The first-order valence-corrected chi connectivity index (χ1v) is 15.6. The number of carbonyl (C=O) groups excluding carboxylic acids is 3. The minimum absolute atomic E-state index is 0.0116. The Hall–Kier alpha value is -1.32. The number of β-amino-alcohol motifs (C(OH)–C–C–N with tert-alkyl or cyclic N) is 1. The van der Waals surface area contributed by atoms with Gasteiger partial charge in [0.25, 0.3) is 0 Å². The molecule has 3 amide bonds. The van der Waals surface area contributed by atoms with E-state index in [-0.39, 0.29) is 46.4 Å². The van der Waals surface area contributed by atoms with Crippen molar-refractivity contribution >= 4 is 45.4 Å². The van der Waals surface area contributed by atoms with Gasteiger partial charge in [0.05, 0.1) is 23.2 Å². The van der Waals surface area contributed by atoms with E-state index in [9.17, 15) is 19.5 Å². The number of nitrogens with zero attached hydrogens (tertiary/aromatic N) is 3. The number of carbonyl (C=O) groups is 3. The highest BCUT2D eigenvalue weighted by molar-refractivity contribution is 9.09. The fourth-order valence-electron chi connectivity index (χ4n) is 7.27. The summed E-state index contributed by atoms with van der Waals surface area (Å²) >= 11 is 5.47. The summed E-state index contributed by atoms with van der Waals surface area (Å²) in [5, 5.41) is 9.85. The lowest BCUT2D eigenvalue weighted by Crippen LogP contribution is -2.60. The molecule has 1 spiro atoms. The van der Waals surface area contributed by atoms with Crippen LogP contribution in [0.25, 0.3) is 0 Å². The largest absolute Gasteiger partial charge is 0.395 e. The van der Waals surface area contributed by atoms with Gasteiger partial charge in [0.15, 0.2) is 0 Å². The van der Waals surface area contributed by atoms with Crippen LogP contribution in [-0.4, -0.2) is 96.7 Å². The van der Waals surface area contributed by atoms with Crippen molar-refractivity contribution in [3.63, 3.8) is 0 Å². The number of fused-ring (bicyclic) bond motifs is 1. The van der Waals surface area contributed by atoms with Crippen LogP contribution in [-0.2, 0) is 14.4 Å². The van der Waals surface area contributed by atoms with E-state index >= 15 is 0 Å². The first-order valence-electron chi connectivity index (χ1n) is 13.8. The van der Waals surface area contributed by atoms with Crippen molar-refractivity contribution in [2.45, 2.75) is 87.2 Å². The van der Waals surface area contributed by atoms with Crippen molar-refractivity contribution in [3.05, 3.63) is 25.3 Å². The van der Waals surface area contributed by atoms with E-state index in [2.05, 4.69) is 63.7 Å². The van der Waals surface area contributed by atoms with E-state index in [1.807, 2.05) is 11.8 Å². The molecule has 0 aromatic heterocycles. The summed E-state index contributed by atoms with van der Waals surface area (Å²) in [5.41, 5.74) is -0.508. The number of aliphatic hydroxyl groups is 1. The van der Waals surface area contributed by atoms with Crippen LogP contribution in [0, 0.1) is 17.3 Å². The van der Waals surface area contributed by atoms with E-state index in [1.165, 1.54) is 0 Å². The SMILES string of the molecule is C=CCN(CCC)C(=O)[C@H]1[C@@H]2SC3(CC2Br)C(C(=O)N(CC=C)C(C)(C)CC(C)(C)C)N(CCO)C(=O)[C@H]13. The van der Waals surface area contributed by atoms with E-state index in [0.717, 1.165) is 12.8 Å². The highest BCUT2D eigenvalue weighted by Crippen LogP contribution is 2.68. The maximum atomic E-state index is 14.6.